The summed E-state index contributed by atoms with van der Waals surface area (Å²) < 4.78 is 6.93. The summed E-state index contributed by atoms with van der Waals surface area (Å²) in [7, 11) is 0. The minimum atomic E-state index is -0.360. The van der Waals surface area contributed by atoms with Crippen molar-refractivity contribution in [2.75, 3.05) is 18.0 Å². The quantitative estimate of drug-likeness (QED) is 0.555. The fourth-order valence-electron chi connectivity index (χ4n) is 3.94. The van der Waals surface area contributed by atoms with Crippen LogP contribution in [0.25, 0.3) is 22.1 Å². The average Bonchev–Trinajstić information content (AvgIpc) is 3.43. The topological polar surface area (TPSA) is 80.4 Å². The smallest absolute Gasteiger partial charge is 0.297 e. The summed E-state index contributed by atoms with van der Waals surface area (Å²) in [5.41, 5.74) is 3.18. The van der Waals surface area contributed by atoms with Crippen molar-refractivity contribution >= 4 is 33.7 Å². The van der Waals surface area contributed by atoms with Crippen LogP contribution in [0.1, 0.15) is 18.4 Å². The van der Waals surface area contributed by atoms with E-state index in [1.54, 1.807) is 6.07 Å². The molecule has 1 N–H and O–H groups in total. The summed E-state index contributed by atoms with van der Waals surface area (Å²) in [6, 6.07) is 15.6. The van der Waals surface area contributed by atoms with E-state index in [4.69, 9.17) is 4.42 Å². The molecule has 0 bridgehead atoms. The number of nitrogens with one attached hydrogen (secondary N) is 1. The average molecular weight is 402 g/mol. The number of amides is 1. The van der Waals surface area contributed by atoms with Gasteiger partial charge in [0, 0.05) is 30.7 Å². The Morgan fingerprint density at radius 3 is 2.63 bits per heavy atom. The first-order chi connectivity index (χ1) is 14.7. The van der Waals surface area contributed by atoms with Crippen molar-refractivity contribution in [3.05, 3.63) is 70.8 Å². The normalized spacial score (nSPS) is 13.9. The van der Waals surface area contributed by atoms with E-state index in [2.05, 4.69) is 27.3 Å². The number of para-hydroxylation sites is 1. The van der Waals surface area contributed by atoms with Crippen molar-refractivity contribution in [2.45, 2.75) is 25.9 Å². The van der Waals surface area contributed by atoms with E-state index in [1.165, 1.54) is 29.4 Å². The molecule has 7 heteroatoms. The lowest BCUT2D eigenvalue weighted by Crippen LogP contribution is -2.32. The van der Waals surface area contributed by atoms with Crippen molar-refractivity contribution in [2.24, 2.45) is 0 Å². The molecule has 0 atom stereocenters. The van der Waals surface area contributed by atoms with Gasteiger partial charge in [-0.15, -0.1) is 0 Å². The second kappa shape index (κ2) is 7.67. The molecular formula is C23H22N4O3. The van der Waals surface area contributed by atoms with Crippen molar-refractivity contribution in [1.29, 1.82) is 0 Å². The number of rotatable bonds is 5. The van der Waals surface area contributed by atoms with E-state index in [0.717, 1.165) is 24.0 Å². The van der Waals surface area contributed by atoms with Crippen LogP contribution in [0.2, 0.25) is 0 Å². The fraction of sp³-hybridized carbons (Fsp3) is 0.261. The molecule has 1 saturated heterocycles. The lowest BCUT2D eigenvalue weighted by molar-refractivity contribution is -0.121. The van der Waals surface area contributed by atoms with Gasteiger partial charge in [0.15, 0.2) is 0 Å². The Labute approximate surface area is 172 Å². The highest BCUT2D eigenvalue weighted by Gasteiger charge is 2.15. The maximum atomic E-state index is 12.7. The molecule has 0 radical (unpaired) electrons. The molecule has 5 rings (SSSR count). The Kier molecular flexibility index (Phi) is 4.71. The standard InChI is InChI=1S/C23H22N4O3/c28-20(24-13-16-7-9-17(10-8-16)26-11-3-4-12-26)14-27-15-25-21-18-5-1-2-6-19(18)30-22(21)23(27)29/h1-2,5-10,15H,3-4,11-14H2,(H,24,28). The van der Waals surface area contributed by atoms with Crippen LogP contribution in [0.3, 0.4) is 0 Å². The van der Waals surface area contributed by atoms with Crippen LogP contribution in [0.4, 0.5) is 5.69 Å². The van der Waals surface area contributed by atoms with Gasteiger partial charge in [-0.2, -0.15) is 0 Å². The third-order valence-corrected chi connectivity index (χ3v) is 5.56. The number of fused-ring (bicyclic) bond motifs is 3. The van der Waals surface area contributed by atoms with E-state index in [-0.39, 0.29) is 23.6 Å². The lowest BCUT2D eigenvalue weighted by atomic mass is 10.2. The number of hydrogen-bond donors (Lipinski definition) is 1. The van der Waals surface area contributed by atoms with Crippen LogP contribution < -0.4 is 15.8 Å². The monoisotopic (exact) mass is 402 g/mol. The molecular weight excluding hydrogens is 380 g/mol. The van der Waals surface area contributed by atoms with Gasteiger partial charge < -0.3 is 14.6 Å². The van der Waals surface area contributed by atoms with Crippen LogP contribution in [0.15, 0.2) is 64.1 Å². The first-order valence-corrected chi connectivity index (χ1v) is 10.2. The predicted octanol–water partition coefficient (Wildman–Crippen LogP) is 3.06. The fourth-order valence-corrected chi connectivity index (χ4v) is 3.94. The number of nitrogens with zero attached hydrogens (tertiary/aromatic N) is 3. The van der Waals surface area contributed by atoms with Gasteiger partial charge in [0.1, 0.15) is 17.6 Å². The first-order valence-electron chi connectivity index (χ1n) is 10.2. The number of benzene rings is 2. The Morgan fingerprint density at radius 2 is 1.83 bits per heavy atom. The van der Waals surface area contributed by atoms with Gasteiger partial charge in [0.2, 0.25) is 11.5 Å². The summed E-state index contributed by atoms with van der Waals surface area (Å²) in [4.78, 5) is 31.8. The highest BCUT2D eigenvalue weighted by molar-refractivity contribution is 6.01. The molecule has 1 amide bonds. The number of furan rings is 1. The van der Waals surface area contributed by atoms with Gasteiger partial charge in [-0.05, 0) is 42.7 Å². The summed E-state index contributed by atoms with van der Waals surface area (Å²) in [5, 5.41) is 3.66. The molecule has 7 nitrogen and oxygen atoms in total. The van der Waals surface area contributed by atoms with Crippen LogP contribution >= 0.6 is 0 Å². The molecule has 0 saturated carbocycles. The van der Waals surface area contributed by atoms with Crippen molar-refractivity contribution in [1.82, 2.24) is 14.9 Å². The van der Waals surface area contributed by atoms with E-state index in [9.17, 15) is 9.59 Å². The lowest BCUT2D eigenvalue weighted by Gasteiger charge is -2.17. The van der Waals surface area contributed by atoms with Gasteiger partial charge >= 0.3 is 0 Å². The zero-order valence-corrected chi connectivity index (χ0v) is 16.5. The number of hydrogen-bond acceptors (Lipinski definition) is 5. The molecule has 2 aromatic heterocycles. The van der Waals surface area contributed by atoms with Gasteiger partial charge in [-0.3, -0.25) is 14.2 Å². The SMILES string of the molecule is O=C(Cn1cnc2c(oc3ccccc32)c1=O)NCc1ccc(N2CCCC2)cc1. The molecule has 0 unspecified atom stereocenters. The maximum absolute atomic E-state index is 12.7. The first kappa shape index (κ1) is 18.4. The van der Waals surface area contributed by atoms with Gasteiger partial charge in [0.05, 0.1) is 6.33 Å². The molecule has 1 fully saturated rings. The van der Waals surface area contributed by atoms with Crippen LogP contribution in [-0.2, 0) is 17.9 Å². The Balaban J connectivity index is 1.26. The second-order valence-electron chi connectivity index (χ2n) is 7.59. The molecule has 1 aliphatic rings. The van der Waals surface area contributed by atoms with E-state index in [0.29, 0.717) is 17.6 Å². The largest absolute Gasteiger partial charge is 0.448 e. The third-order valence-electron chi connectivity index (χ3n) is 5.56. The van der Waals surface area contributed by atoms with Crippen LogP contribution in [0.5, 0.6) is 0 Å². The summed E-state index contributed by atoms with van der Waals surface area (Å²) in [5.74, 6) is -0.252. The number of carbonyl (C=O) groups excluding carboxylic acids is 1. The number of anilines is 1. The Hall–Kier alpha value is -3.61. The van der Waals surface area contributed by atoms with Gasteiger partial charge in [0.25, 0.3) is 5.56 Å². The molecule has 3 heterocycles. The van der Waals surface area contributed by atoms with Gasteiger partial charge in [-0.25, -0.2) is 4.98 Å². The zero-order chi connectivity index (χ0) is 20.5. The van der Waals surface area contributed by atoms with Crippen molar-refractivity contribution < 1.29 is 9.21 Å². The molecule has 0 spiro atoms. The summed E-state index contributed by atoms with van der Waals surface area (Å²) in [6.45, 7) is 2.52. The Bertz CT molecular complexity index is 1270. The van der Waals surface area contributed by atoms with Crippen LogP contribution in [-0.4, -0.2) is 28.5 Å². The van der Waals surface area contributed by atoms with E-state index < -0.39 is 0 Å². The zero-order valence-electron chi connectivity index (χ0n) is 16.5. The Morgan fingerprint density at radius 1 is 1.07 bits per heavy atom. The van der Waals surface area contributed by atoms with Crippen molar-refractivity contribution in [3.8, 4) is 0 Å². The molecule has 30 heavy (non-hydrogen) atoms. The third kappa shape index (κ3) is 3.43. The minimum Gasteiger partial charge on any atom is -0.448 e. The second-order valence-corrected chi connectivity index (χ2v) is 7.59. The highest BCUT2D eigenvalue weighted by Crippen LogP contribution is 2.24. The molecule has 152 valence electrons. The van der Waals surface area contributed by atoms with E-state index in [1.807, 2.05) is 30.3 Å². The predicted molar refractivity (Wildman–Crippen MR) is 116 cm³/mol. The molecule has 0 aliphatic carbocycles. The molecule has 4 aromatic rings. The highest BCUT2D eigenvalue weighted by atomic mass is 16.3. The summed E-state index contributed by atoms with van der Waals surface area (Å²) in [6.07, 6.45) is 3.88. The van der Waals surface area contributed by atoms with Gasteiger partial charge in [-0.1, -0.05) is 24.3 Å². The van der Waals surface area contributed by atoms with Crippen molar-refractivity contribution in [3.63, 3.8) is 0 Å². The minimum absolute atomic E-state index is 0.106. The maximum Gasteiger partial charge on any atom is 0.297 e. The molecule has 2 aromatic carbocycles. The number of carbonyl (C=O) groups is 1. The summed E-state index contributed by atoms with van der Waals surface area (Å²) >= 11 is 0. The number of aromatic nitrogens is 2. The molecule has 1 aliphatic heterocycles. The van der Waals surface area contributed by atoms with E-state index >= 15 is 0 Å². The van der Waals surface area contributed by atoms with Crippen LogP contribution in [0, 0.1) is 0 Å².